The van der Waals surface area contributed by atoms with E-state index in [9.17, 15) is 4.79 Å². The van der Waals surface area contributed by atoms with Gasteiger partial charge in [0.1, 0.15) is 6.04 Å². The van der Waals surface area contributed by atoms with Crippen LogP contribution < -0.4 is 5.73 Å². The fraction of sp³-hybridized carbons (Fsp3) is 0.667. The zero-order valence-corrected chi connectivity index (χ0v) is 7.07. The fourth-order valence-electron chi connectivity index (χ4n) is 1.53. The summed E-state index contributed by atoms with van der Waals surface area (Å²) in [6.07, 6.45) is 8.00. The molecule has 2 atom stereocenters. The van der Waals surface area contributed by atoms with E-state index in [1.807, 2.05) is 0 Å². The molecule has 1 rings (SSSR count). The molecule has 0 amide bonds. The summed E-state index contributed by atoms with van der Waals surface area (Å²) in [5.74, 6) is -0.411. The van der Waals surface area contributed by atoms with Crippen molar-refractivity contribution in [2.24, 2.45) is 11.7 Å². The van der Waals surface area contributed by atoms with Gasteiger partial charge in [0.25, 0.3) is 0 Å². The third kappa shape index (κ3) is 2.66. The molecule has 0 fully saturated rings. The lowest BCUT2D eigenvalue weighted by Crippen LogP contribution is -2.32. The SMILES string of the molecule is N[C@H](CC1CC=CCC1)C(=O)O. The van der Waals surface area contributed by atoms with Crippen LogP contribution >= 0.6 is 0 Å². The van der Waals surface area contributed by atoms with Gasteiger partial charge in [0, 0.05) is 0 Å². The number of aliphatic carboxylic acids is 1. The van der Waals surface area contributed by atoms with Crippen molar-refractivity contribution >= 4 is 5.97 Å². The summed E-state index contributed by atoms with van der Waals surface area (Å²) in [6.45, 7) is 0. The third-order valence-corrected chi connectivity index (χ3v) is 2.28. The molecule has 0 aromatic carbocycles. The van der Waals surface area contributed by atoms with Crippen LogP contribution in [-0.2, 0) is 4.79 Å². The van der Waals surface area contributed by atoms with Crippen LogP contribution in [0.25, 0.3) is 0 Å². The predicted octanol–water partition coefficient (Wildman–Crippen LogP) is 1.14. The topological polar surface area (TPSA) is 63.3 Å². The molecule has 3 nitrogen and oxygen atoms in total. The van der Waals surface area contributed by atoms with Crippen molar-refractivity contribution in [3.8, 4) is 0 Å². The lowest BCUT2D eigenvalue weighted by atomic mass is 9.89. The summed E-state index contributed by atoms with van der Waals surface area (Å²) < 4.78 is 0. The quantitative estimate of drug-likeness (QED) is 0.623. The van der Waals surface area contributed by atoms with E-state index in [2.05, 4.69) is 12.2 Å². The maximum atomic E-state index is 10.4. The Balaban J connectivity index is 2.30. The van der Waals surface area contributed by atoms with E-state index < -0.39 is 12.0 Å². The van der Waals surface area contributed by atoms with E-state index in [-0.39, 0.29) is 0 Å². The van der Waals surface area contributed by atoms with Gasteiger partial charge in [-0.2, -0.15) is 0 Å². The Kier molecular flexibility index (Phi) is 3.29. The van der Waals surface area contributed by atoms with Crippen LogP contribution in [0.3, 0.4) is 0 Å². The van der Waals surface area contributed by atoms with Crippen molar-refractivity contribution in [3.05, 3.63) is 12.2 Å². The smallest absolute Gasteiger partial charge is 0.320 e. The van der Waals surface area contributed by atoms with Crippen LogP contribution in [0.15, 0.2) is 12.2 Å². The van der Waals surface area contributed by atoms with E-state index in [4.69, 9.17) is 10.8 Å². The van der Waals surface area contributed by atoms with E-state index in [1.165, 1.54) is 0 Å². The second-order valence-corrected chi connectivity index (χ2v) is 3.33. The van der Waals surface area contributed by atoms with Crippen LogP contribution in [0, 0.1) is 5.92 Å². The normalized spacial score (nSPS) is 25.2. The molecule has 0 bridgehead atoms. The number of hydrogen-bond acceptors (Lipinski definition) is 2. The zero-order valence-electron chi connectivity index (χ0n) is 7.07. The first-order valence-corrected chi connectivity index (χ1v) is 4.33. The molecule has 68 valence electrons. The van der Waals surface area contributed by atoms with Gasteiger partial charge in [0.2, 0.25) is 0 Å². The van der Waals surface area contributed by atoms with Crippen molar-refractivity contribution in [3.63, 3.8) is 0 Å². The Bertz CT molecular complexity index is 189. The van der Waals surface area contributed by atoms with Crippen molar-refractivity contribution < 1.29 is 9.90 Å². The molecule has 0 spiro atoms. The Labute approximate surface area is 72.3 Å². The van der Waals surface area contributed by atoms with Crippen LogP contribution in [0.1, 0.15) is 25.7 Å². The van der Waals surface area contributed by atoms with Gasteiger partial charge in [-0.15, -0.1) is 0 Å². The minimum atomic E-state index is -0.885. The van der Waals surface area contributed by atoms with Crippen LogP contribution in [0.5, 0.6) is 0 Å². The fourth-order valence-corrected chi connectivity index (χ4v) is 1.53. The Hall–Kier alpha value is -0.830. The highest BCUT2D eigenvalue weighted by Gasteiger charge is 2.18. The number of carboxylic acid groups (broad SMARTS) is 1. The summed E-state index contributed by atoms with van der Waals surface area (Å²) >= 11 is 0. The number of carbonyl (C=O) groups is 1. The number of allylic oxidation sites excluding steroid dienone is 2. The van der Waals surface area contributed by atoms with Crippen molar-refractivity contribution in [1.29, 1.82) is 0 Å². The van der Waals surface area contributed by atoms with Crippen LogP contribution in [-0.4, -0.2) is 17.1 Å². The van der Waals surface area contributed by atoms with Gasteiger partial charge < -0.3 is 10.8 Å². The Morgan fingerprint density at radius 2 is 2.42 bits per heavy atom. The molecule has 1 aliphatic carbocycles. The summed E-state index contributed by atoms with van der Waals surface area (Å²) in [5, 5.41) is 8.57. The van der Waals surface area contributed by atoms with Crippen LogP contribution in [0.2, 0.25) is 0 Å². The minimum absolute atomic E-state index is 0.473. The summed E-state index contributed by atoms with van der Waals surface area (Å²) in [6, 6.07) is -0.679. The van der Waals surface area contributed by atoms with E-state index in [1.54, 1.807) is 0 Å². The lowest BCUT2D eigenvalue weighted by molar-refractivity contribution is -0.138. The highest BCUT2D eigenvalue weighted by atomic mass is 16.4. The first-order chi connectivity index (χ1) is 5.70. The summed E-state index contributed by atoms with van der Waals surface area (Å²) in [4.78, 5) is 10.4. The average molecular weight is 169 g/mol. The number of rotatable bonds is 3. The van der Waals surface area contributed by atoms with Gasteiger partial charge in [-0.05, 0) is 31.6 Å². The van der Waals surface area contributed by atoms with E-state index >= 15 is 0 Å². The largest absolute Gasteiger partial charge is 0.480 e. The molecule has 0 radical (unpaired) electrons. The van der Waals surface area contributed by atoms with E-state index in [0.29, 0.717) is 12.3 Å². The molecule has 12 heavy (non-hydrogen) atoms. The van der Waals surface area contributed by atoms with E-state index in [0.717, 1.165) is 19.3 Å². The number of hydrogen-bond donors (Lipinski definition) is 2. The number of carboxylic acids is 1. The highest BCUT2D eigenvalue weighted by molar-refractivity contribution is 5.73. The first-order valence-electron chi connectivity index (χ1n) is 4.33. The summed E-state index contributed by atoms with van der Waals surface area (Å²) in [7, 11) is 0. The maximum absolute atomic E-state index is 10.4. The van der Waals surface area contributed by atoms with Gasteiger partial charge in [0.15, 0.2) is 0 Å². The second-order valence-electron chi connectivity index (χ2n) is 3.33. The minimum Gasteiger partial charge on any atom is -0.480 e. The molecular weight excluding hydrogens is 154 g/mol. The first kappa shape index (κ1) is 9.26. The van der Waals surface area contributed by atoms with Crippen molar-refractivity contribution in [2.75, 3.05) is 0 Å². The molecule has 0 aliphatic heterocycles. The Morgan fingerprint density at radius 1 is 1.67 bits per heavy atom. The molecule has 0 saturated heterocycles. The van der Waals surface area contributed by atoms with Crippen LogP contribution in [0.4, 0.5) is 0 Å². The molecule has 0 heterocycles. The molecule has 0 aromatic heterocycles. The monoisotopic (exact) mass is 169 g/mol. The molecule has 1 aliphatic rings. The standard InChI is InChI=1S/C9H15NO2/c10-8(9(11)12)6-7-4-2-1-3-5-7/h1-2,7-8H,3-6,10H2,(H,11,12)/t7?,8-/m1/s1. The number of nitrogens with two attached hydrogens (primary N) is 1. The van der Waals surface area contributed by atoms with Gasteiger partial charge in [-0.1, -0.05) is 12.2 Å². The maximum Gasteiger partial charge on any atom is 0.320 e. The van der Waals surface area contributed by atoms with Crippen molar-refractivity contribution in [1.82, 2.24) is 0 Å². The van der Waals surface area contributed by atoms with Gasteiger partial charge >= 0.3 is 5.97 Å². The highest BCUT2D eigenvalue weighted by Crippen LogP contribution is 2.22. The molecular formula is C9H15NO2. The third-order valence-electron chi connectivity index (χ3n) is 2.28. The van der Waals surface area contributed by atoms with Gasteiger partial charge in [-0.3, -0.25) is 4.79 Å². The molecule has 3 N–H and O–H groups in total. The predicted molar refractivity (Wildman–Crippen MR) is 46.7 cm³/mol. The summed E-state index contributed by atoms with van der Waals surface area (Å²) in [5.41, 5.74) is 5.42. The molecule has 0 aromatic rings. The zero-order chi connectivity index (χ0) is 8.97. The Morgan fingerprint density at radius 3 is 2.92 bits per heavy atom. The van der Waals surface area contributed by atoms with Gasteiger partial charge in [0.05, 0.1) is 0 Å². The molecule has 3 heteroatoms. The second kappa shape index (κ2) is 4.26. The molecule has 0 saturated carbocycles. The lowest BCUT2D eigenvalue weighted by Gasteiger charge is -2.19. The van der Waals surface area contributed by atoms with Crippen molar-refractivity contribution in [2.45, 2.75) is 31.7 Å². The van der Waals surface area contributed by atoms with Gasteiger partial charge in [-0.25, -0.2) is 0 Å². The molecule has 1 unspecified atom stereocenters. The average Bonchev–Trinajstić information content (AvgIpc) is 2.06.